The highest BCUT2D eigenvalue weighted by molar-refractivity contribution is 8.03. The summed E-state index contributed by atoms with van der Waals surface area (Å²) in [5.41, 5.74) is 1.36. The van der Waals surface area contributed by atoms with E-state index in [0.29, 0.717) is 0 Å². The summed E-state index contributed by atoms with van der Waals surface area (Å²) in [6.45, 7) is 5.76. The third-order valence-corrected chi connectivity index (χ3v) is 6.35. The van der Waals surface area contributed by atoms with Crippen LogP contribution in [0.1, 0.15) is 25.7 Å². The zero-order valence-corrected chi connectivity index (χ0v) is 15.1. The lowest BCUT2D eigenvalue weighted by Gasteiger charge is -2.37. The van der Waals surface area contributed by atoms with E-state index < -0.39 is 0 Å². The highest BCUT2D eigenvalue weighted by atomic mass is 32.2. The molecule has 2 aliphatic heterocycles. The van der Waals surface area contributed by atoms with Crippen LogP contribution in [0.15, 0.2) is 58.1 Å². The molecule has 3 nitrogen and oxygen atoms in total. The second-order valence-corrected chi connectivity index (χ2v) is 8.14. The van der Waals surface area contributed by atoms with Crippen molar-refractivity contribution in [1.29, 1.82) is 0 Å². The van der Waals surface area contributed by atoms with Crippen LogP contribution in [0.5, 0.6) is 0 Å². The number of hydrogen-bond donors (Lipinski definition) is 1. The van der Waals surface area contributed by atoms with Gasteiger partial charge in [-0.1, -0.05) is 36.4 Å². The average molecular weight is 342 g/mol. The quantitative estimate of drug-likeness (QED) is 0.900. The molecule has 128 valence electrons. The Bertz CT molecular complexity index is 607. The fourth-order valence-electron chi connectivity index (χ4n) is 3.71. The maximum absolute atomic E-state index is 3.47. The fraction of sp³-hybridized carbons (Fsp3) is 0.500. The van der Waals surface area contributed by atoms with Crippen molar-refractivity contribution in [3.8, 4) is 0 Å². The van der Waals surface area contributed by atoms with Crippen molar-refractivity contribution in [2.45, 2.75) is 36.6 Å². The summed E-state index contributed by atoms with van der Waals surface area (Å²) in [6.07, 6.45) is 10.1. The number of nitrogens with one attached hydrogen (secondary N) is 1. The maximum atomic E-state index is 3.47. The lowest BCUT2D eigenvalue weighted by molar-refractivity contribution is 0.133. The average Bonchev–Trinajstić information content (AvgIpc) is 2.81. The van der Waals surface area contributed by atoms with E-state index >= 15 is 0 Å². The van der Waals surface area contributed by atoms with Gasteiger partial charge in [0.25, 0.3) is 0 Å². The Morgan fingerprint density at radius 2 is 1.83 bits per heavy atom. The lowest BCUT2D eigenvalue weighted by Crippen LogP contribution is -2.42. The number of hydrogen-bond acceptors (Lipinski definition) is 4. The molecular formula is C20H27N3S. The van der Waals surface area contributed by atoms with E-state index in [1.165, 1.54) is 60.8 Å². The van der Waals surface area contributed by atoms with Gasteiger partial charge >= 0.3 is 0 Å². The van der Waals surface area contributed by atoms with Crippen LogP contribution in [0, 0.1) is 0 Å². The van der Waals surface area contributed by atoms with Crippen LogP contribution in [0.3, 0.4) is 0 Å². The molecule has 1 aromatic carbocycles. The van der Waals surface area contributed by atoms with Gasteiger partial charge in [-0.15, -0.1) is 0 Å². The van der Waals surface area contributed by atoms with Gasteiger partial charge in [0.1, 0.15) is 0 Å². The van der Waals surface area contributed by atoms with Crippen LogP contribution < -0.4 is 5.32 Å². The summed E-state index contributed by atoms with van der Waals surface area (Å²) >= 11 is 1.88. The van der Waals surface area contributed by atoms with Gasteiger partial charge in [-0.2, -0.15) is 0 Å². The second kappa shape index (κ2) is 7.66. The summed E-state index contributed by atoms with van der Waals surface area (Å²) < 4.78 is 0. The molecule has 0 unspecified atom stereocenters. The summed E-state index contributed by atoms with van der Waals surface area (Å²) in [5.74, 6) is 0. The Labute approximate surface area is 149 Å². The van der Waals surface area contributed by atoms with Crippen LogP contribution in [0.2, 0.25) is 0 Å². The van der Waals surface area contributed by atoms with Gasteiger partial charge in [-0.25, -0.2) is 0 Å². The second-order valence-electron chi connectivity index (χ2n) is 6.94. The highest BCUT2D eigenvalue weighted by Crippen LogP contribution is 2.30. The summed E-state index contributed by atoms with van der Waals surface area (Å²) in [6, 6.07) is 11.5. The molecule has 3 aliphatic rings. The monoisotopic (exact) mass is 341 g/mol. The van der Waals surface area contributed by atoms with E-state index in [9.17, 15) is 0 Å². The molecule has 0 bridgehead atoms. The van der Waals surface area contributed by atoms with Gasteiger partial charge in [-0.3, -0.25) is 4.90 Å². The van der Waals surface area contributed by atoms with Crippen molar-refractivity contribution in [3.05, 3.63) is 53.2 Å². The number of dihydropyridines is 1. The number of nitrogens with zero attached hydrogens (tertiary/aromatic N) is 2. The predicted octanol–water partition coefficient (Wildman–Crippen LogP) is 3.67. The zero-order valence-electron chi connectivity index (χ0n) is 14.3. The van der Waals surface area contributed by atoms with Crippen LogP contribution in [-0.2, 0) is 0 Å². The van der Waals surface area contributed by atoms with E-state index in [0.717, 1.165) is 19.1 Å². The first-order valence-corrected chi connectivity index (χ1v) is 10.1. The van der Waals surface area contributed by atoms with Crippen molar-refractivity contribution in [2.24, 2.45) is 0 Å². The van der Waals surface area contributed by atoms with Gasteiger partial charge in [-0.05, 0) is 37.5 Å². The third kappa shape index (κ3) is 3.81. The molecular weight excluding hydrogens is 314 g/mol. The molecule has 0 radical (unpaired) electrons. The minimum absolute atomic E-state index is 0.878. The number of allylic oxidation sites excluding steroid dienone is 1. The van der Waals surface area contributed by atoms with E-state index in [1.54, 1.807) is 0 Å². The molecule has 0 atom stereocenters. The van der Waals surface area contributed by atoms with E-state index in [4.69, 9.17) is 0 Å². The van der Waals surface area contributed by atoms with Crippen molar-refractivity contribution in [1.82, 2.24) is 15.1 Å². The van der Waals surface area contributed by atoms with Crippen LogP contribution in [0.4, 0.5) is 0 Å². The fourth-order valence-corrected chi connectivity index (χ4v) is 4.65. The molecule has 0 aromatic heterocycles. The van der Waals surface area contributed by atoms with Gasteiger partial charge in [0.15, 0.2) is 0 Å². The third-order valence-electron chi connectivity index (χ3n) is 5.31. The molecule has 4 rings (SSSR count). The summed E-state index contributed by atoms with van der Waals surface area (Å²) in [7, 11) is 0. The summed E-state index contributed by atoms with van der Waals surface area (Å²) in [5, 5.41) is 3.47. The smallest absolute Gasteiger partial charge is 0.0535 e. The SMILES string of the molecule is C1=C(Sc2ccccc2)CNC=C1N1CCCN(C2CCC2)CC1. The molecule has 1 aliphatic carbocycles. The molecule has 1 N–H and O–H groups in total. The molecule has 2 fully saturated rings. The van der Waals surface area contributed by atoms with Crippen LogP contribution in [0.25, 0.3) is 0 Å². The Morgan fingerprint density at radius 3 is 2.62 bits per heavy atom. The molecule has 0 spiro atoms. The Hall–Kier alpha value is -1.39. The first kappa shape index (κ1) is 16.1. The first-order valence-electron chi connectivity index (χ1n) is 9.24. The van der Waals surface area contributed by atoms with Crippen molar-refractivity contribution >= 4 is 11.8 Å². The molecule has 1 saturated heterocycles. The lowest BCUT2D eigenvalue weighted by atomic mass is 9.91. The topological polar surface area (TPSA) is 18.5 Å². The molecule has 4 heteroatoms. The minimum atomic E-state index is 0.878. The number of rotatable bonds is 4. The first-order chi connectivity index (χ1) is 11.9. The predicted molar refractivity (Wildman–Crippen MR) is 102 cm³/mol. The molecule has 1 saturated carbocycles. The minimum Gasteiger partial charge on any atom is -0.385 e. The van der Waals surface area contributed by atoms with Crippen LogP contribution in [-0.4, -0.2) is 48.6 Å². The van der Waals surface area contributed by atoms with Crippen molar-refractivity contribution in [2.75, 3.05) is 32.7 Å². The number of thioether (sulfide) groups is 1. The van der Waals surface area contributed by atoms with Gasteiger partial charge in [0, 0.05) is 54.8 Å². The molecule has 24 heavy (non-hydrogen) atoms. The zero-order chi connectivity index (χ0) is 16.2. The highest BCUT2D eigenvalue weighted by Gasteiger charge is 2.27. The van der Waals surface area contributed by atoms with Crippen LogP contribution >= 0.6 is 11.8 Å². The Morgan fingerprint density at radius 1 is 0.958 bits per heavy atom. The van der Waals surface area contributed by atoms with E-state index in [-0.39, 0.29) is 0 Å². The van der Waals surface area contributed by atoms with Crippen molar-refractivity contribution < 1.29 is 0 Å². The standard InChI is InChI=1S/C20H27N3S/c1-2-8-19(9-3-1)24-20-14-18(15-21-16-20)23-11-5-10-22(12-13-23)17-6-4-7-17/h1-3,8-9,14-15,17,21H,4-7,10-13,16H2. The number of benzene rings is 1. The van der Waals surface area contributed by atoms with Gasteiger partial charge < -0.3 is 10.2 Å². The molecule has 1 aromatic rings. The molecule has 0 amide bonds. The van der Waals surface area contributed by atoms with E-state index in [2.05, 4.69) is 57.7 Å². The molecule has 2 heterocycles. The maximum Gasteiger partial charge on any atom is 0.0535 e. The Kier molecular flexibility index (Phi) is 5.14. The van der Waals surface area contributed by atoms with Crippen molar-refractivity contribution in [3.63, 3.8) is 0 Å². The Balaban J connectivity index is 1.39. The summed E-state index contributed by atoms with van der Waals surface area (Å²) in [4.78, 5) is 8.01. The van der Waals surface area contributed by atoms with E-state index in [1.807, 2.05) is 11.8 Å². The van der Waals surface area contributed by atoms with Gasteiger partial charge in [0.2, 0.25) is 0 Å². The van der Waals surface area contributed by atoms with Gasteiger partial charge in [0.05, 0.1) is 5.70 Å². The largest absolute Gasteiger partial charge is 0.385 e. The normalized spacial score (nSPS) is 22.9.